The topological polar surface area (TPSA) is 181 Å². The van der Waals surface area contributed by atoms with Crippen molar-refractivity contribution in [2.24, 2.45) is 17.6 Å². The van der Waals surface area contributed by atoms with Gasteiger partial charge in [0.25, 0.3) is 5.67 Å². The number of alkyl carbamates (subject to hydrolysis) is 1. The van der Waals surface area contributed by atoms with Crippen molar-refractivity contribution >= 4 is 34.8 Å². The van der Waals surface area contributed by atoms with Gasteiger partial charge in [0.15, 0.2) is 17.7 Å². The van der Waals surface area contributed by atoms with Crippen LogP contribution in [0.3, 0.4) is 0 Å². The van der Waals surface area contributed by atoms with Crippen LogP contribution in [-0.2, 0) is 33.3 Å². The van der Waals surface area contributed by atoms with Gasteiger partial charge in [0.05, 0.1) is 36.0 Å². The van der Waals surface area contributed by atoms with Gasteiger partial charge in [0.2, 0.25) is 0 Å². The summed E-state index contributed by atoms with van der Waals surface area (Å²) in [5.74, 6) is -4.01. The van der Waals surface area contributed by atoms with Gasteiger partial charge < -0.3 is 45.2 Å². The Kier molecular flexibility index (Phi) is 12.9. The first kappa shape index (κ1) is 41.6. The fourth-order valence-corrected chi connectivity index (χ4v) is 8.23. The smallest absolute Gasteiger partial charge is 0.408 e. The maximum Gasteiger partial charge on any atom is 0.408 e. The molecule has 3 fully saturated rings. The molecule has 1 aromatic heterocycles. The average Bonchev–Trinajstić information content (AvgIpc) is 3.45. The third-order valence-electron chi connectivity index (χ3n) is 11.2. The molecule has 1 amide bonds. The first-order valence-corrected chi connectivity index (χ1v) is 19.0. The fraction of sp³-hybridized carbons (Fsp3) is 0.650. The number of benzene rings is 1. The van der Waals surface area contributed by atoms with E-state index in [9.17, 15) is 19.5 Å². The van der Waals surface area contributed by atoms with Gasteiger partial charge in [-0.15, -0.1) is 0 Å². The molecule has 54 heavy (non-hydrogen) atoms. The van der Waals surface area contributed by atoms with Gasteiger partial charge in [0, 0.05) is 29.6 Å². The Hall–Kier alpha value is -3.53. The summed E-state index contributed by atoms with van der Waals surface area (Å²) in [6.07, 6.45) is 0.334. The van der Waals surface area contributed by atoms with Crippen molar-refractivity contribution in [3.8, 4) is 0 Å². The van der Waals surface area contributed by atoms with Crippen LogP contribution in [0.2, 0.25) is 0 Å². The Bertz CT molecular complexity index is 1690. The van der Waals surface area contributed by atoms with Crippen molar-refractivity contribution in [2.75, 3.05) is 13.2 Å². The van der Waals surface area contributed by atoms with Crippen molar-refractivity contribution in [3.05, 3.63) is 48.2 Å². The number of ketones is 1. The number of aromatic nitrogens is 1. The van der Waals surface area contributed by atoms with Crippen LogP contribution >= 0.6 is 0 Å². The van der Waals surface area contributed by atoms with Crippen molar-refractivity contribution in [1.82, 2.24) is 15.6 Å². The maximum atomic E-state index is 16.8. The number of cyclic esters (lactones) is 1. The Morgan fingerprint density at radius 3 is 2.57 bits per heavy atom. The van der Waals surface area contributed by atoms with Gasteiger partial charge in [-0.25, -0.2) is 14.0 Å². The molecule has 0 saturated carbocycles. The zero-order valence-electron chi connectivity index (χ0n) is 32.5. The molecule has 3 aliphatic rings. The molecule has 13 nitrogen and oxygen atoms in total. The SMILES string of the molecule is CC[C@H]1OC(=O)C(C)(F)C(=O)[C@H](C)C(O[C@@H]2OC(C)CC(N)C2O)[C@](C)(OC/C=C/c2cnc3ccccc3c2)C[C@@H](C)CN[C@H](C)[C@H]2NC(=O)O[C@@]21C. The van der Waals surface area contributed by atoms with Crippen molar-refractivity contribution in [3.63, 3.8) is 0 Å². The summed E-state index contributed by atoms with van der Waals surface area (Å²) in [6.45, 7) is 13.6. The van der Waals surface area contributed by atoms with Crippen LogP contribution in [0.5, 0.6) is 0 Å². The second kappa shape index (κ2) is 16.7. The van der Waals surface area contributed by atoms with Crippen LogP contribution < -0.4 is 16.4 Å². The second-order valence-corrected chi connectivity index (χ2v) is 15.9. The van der Waals surface area contributed by atoms with Crippen molar-refractivity contribution < 1.29 is 47.6 Å². The number of pyridine rings is 1. The number of ether oxygens (including phenoxy) is 5. The molecule has 5 rings (SSSR count). The Balaban J connectivity index is 1.53. The van der Waals surface area contributed by atoms with E-state index in [1.807, 2.05) is 56.3 Å². The zero-order valence-corrected chi connectivity index (χ0v) is 32.5. The predicted molar refractivity (Wildman–Crippen MR) is 200 cm³/mol. The highest BCUT2D eigenvalue weighted by molar-refractivity contribution is 6.07. The first-order chi connectivity index (χ1) is 25.4. The minimum Gasteiger partial charge on any atom is -0.455 e. The minimum atomic E-state index is -3.15. The Morgan fingerprint density at radius 1 is 1.13 bits per heavy atom. The van der Waals surface area contributed by atoms with E-state index in [1.54, 1.807) is 33.9 Å². The molecule has 13 atom stereocenters. The average molecular weight is 757 g/mol. The van der Waals surface area contributed by atoms with Crippen LogP contribution in [0.4, 0.5) is 9.18 Å². The molecule has 0 aliphatic carbocycles. The lowest BCUT2D eigenvalue weighted by Gasteiger charge is -2.46. The number of hydrogen-bond donors (Lipinski definition) is 4. The summed E-state index contributed by atoms with van der Waals surface area (Å²) >= 11 is 0. The molecule has 0 spiro atoms. The van der Waals surface area contributed by atoms with Gasteiger partial charge >= 0.3 is 12.1 Å². The summed E-state index contributed by atoms with van der Waals surface area (Å²) < 4.78 is 47.4. The van der Waals surface area contributed by atoms with E-state index in [1.165, 1.54) is 6.92 Å². The molecule has 0 bridgehead atoms. The summed E-state index contributed by atoms with van der Waals surface area (Å²) in [7, 11) is 0. The minimum absolute atomic E-state index is 0.0571. The number of nitrogens with two attached hydrogens (primary N) is 1. The van der Waals surface area contributed by atoms with Gasteiger partial charge in [-0.05, 0) is 84.0 Å². The van der Waals surface area contributed by atoms with Crippen LogP contribution in [0.15, 0.2) is 42.6 Å². The molecule has 298 valence electrons. The summed E-state index contributed by atoms with van der Waals surface area (Å²) in [6, 6.07) is 8.05. The lowest BCUT2D eigenvalue weighted by atomic mass is 9.77. The number of carbonyl (C=O) groups is 3. The number of halogens is 1. The van der Waals surface area contributed by atoms with E-state index >= 15 is 4.39 Å². The number of aliphatic hydroxyl groups excluding tert-OH is 1. The van der Waals surface area contributed by atoms with E-state index in [0.717, 1.165) is 23.4 Å². The third-order valence-corrected chi connectivity index (χ3v) is 11.2. The molecule has 5 unspecified atom stereocenters. The molecule has 14 heteroatoms. The van der Waals surface area contributed by atoms with Crippen LogP contribution in [0.1, 0.15) is 80.2 Å². The van der Waals surface area contributed by atoms with E-state index in [2.05, 4.69) is 15.6 Å². The van der Waals surface area contributed by atoms with E-state index in [0.29, 0.717) is 13.0 Å². The van der Waals surface area contributed by atoms with E-state index in [-0.39, 0.29) is 37.5 Å². The normalized spacial score (nSPS) is 40.0. The predicted octanol–water partition coefficient (Wildman–Crippen LogP) is 4.37. The van der Waals surface area contributed by atoms with Gasteiger partial charge in [-0.2, -0.15) is 0 Å². The number of aliphatic hydroxyl groups is 1. The van der Waals surface area contributed by atoms with E-state index < -0.39 is 77.3 Å². The lowest BCUT2D eigenvalue weighted by molar-refractivity contribution is -0.290. The van der Waals surface area contributed by atoms with Gasteiger partial charge in [-0.1, -0.05) is 51.1 Å². The van der Waals surface area contributed by atoms with Crippen molar-refractivity contribution in [2.45, 2.75) is 140 Å². The molecule has 2 aromatic rings. The molecular formula is C40H57FN4O9. The number of rotatable bonds is 7. The lowest BCUT2D eigenvalue weighted by Crippen LogP contribution is -2.60. The largest absolute Gasteiger partial charge is 0.455 e. The fourth-order valence-electron chi connectivity index (χ4n) is 8.23. The Morgan fingerprint density at radius 2 is 1.85 bits per heavy atom. The number of Topliss-reactive ketones (excluding diaryl/α,β-unsaturated/α-hetero) is 1. The Labute approximate surface area is 316 Å². The number of hydrogen-bond acceptors (Lipinski definition) is 12. The van der Waals surface area contributed by atoms with Crippen LogP contribution in [0.25, 0.3) is 17.0 Å². The zero-order chi connectivity index (χ0) is 39.6. The first-order valence-electron chi connectivity index (χ1n) is 19.0. The number of fused-ring (bicyclic) bond motifs is 2. The molecular weight excluding hydrogens is 699 g/mol. The number of nitrogens with one attached hydrogen (secondary N) is 2. The molecule has 3 saturated heterocycles. The molecule has 1 aromatic carbocycles. The molecule has 0 radical (unpaired) electrons. The quantitative estimate of drug-likeness (QED) is 0.232. The summed E-state index contributed by atoms with van der Waals surface area (Å²) in [5.41, 5.74) is 2.13. The standard InChI is InChI=1S/C40H57FN4O9/c1-9-30-40(8)32(45-37(49)54-40)25(5)43-20-22(2)19-38(6,50-16-12-13-26-18-27-14-10-11-15-29(27)44-21-26)34(24(4)33(47)39(7,41)36(48)52-30)53-35-31(46)28(42)17-23(3)51-35/h10-15,18,21-25,28,30-32,34-35,43,46H,9,16-17,19-20,42H2,1-8H3,(H,45,49)/b13-12+/t22-,23?,24+,25-,28?,30-,31?,32-,34?,35+,38-,39?,40-/m1/s1. The summed E-state index contributed by atoms with van der Waals surface area (Å²) in [4.78, 5) is 45.1. The maximum absolute atomic E-state index is 16.8. The molecule has 4 heterocycles. The van der Waals surface area contributed by atoms with E-state index in [4.69, 9.17) is 29.4 Å². The number of nitrogens with zero attached hydrogens (tertiary/aromatic N) is 1. The van der Waals surface area contributed by atoms with Crippen LogP contribution in [-0.4, -0.2) is 107 Å². The molecule has 5 N–H and O–H groups in total. The highest BCUT2D eigenvalue weighted by Gasteiger charge is 2.58. The number of amides is 1. The van der Waals surface area contributed by atoms with Gasteiger partial charge in [0.1, 0.15) is 12.2 Å². The third kappa shape index (κ3) is 8.79. The second-order valence-electron chi connectivity index (χ2n) is 15.9. The van der Waals surface area contributed by atoms with Crippen LogP contribution in [0, 0.1) is 11.8 Å². The number of carbonyl (C=O) groups excluding carboxylic acids is 3. The number of esters is 1. The highest BCUT2D eigenvalue weighted by Crippen LogP contribution is 2.39. The summed E-state index contributed by atoms with van der Waals surface area (Å²) in [5, 5.41) is 18.4. The highest BCUT2D eigenvalue weighted by atomic mass is 19.1. The monoisotopic (exact) mass is 756 g/mol. The van der Waals surface area contributed by atoms with Crippen molar-refractivity contribution in [1.29, 1.82) is 0 Å². The number of alkyl halides is 1. The molecule has 3 aliphatic heterocycles. The number of para-hydroxylation sites is 1. The van der Waals surface area contributed by atoms with Gasteiger partial charge in [-0.3, -0.25) is 9.78 Å².